The van der Waals surface area contributed by atoms with Gasteiger partial charge in [-0.25, -0.2) is 8.42 Å². The van der Waals surface area contributed by atoms with Crippen LogP contribution < -0.4 is 9.62 Å². The number of hydrogen-bond acceptors (Lipinski definition) is 4. The molecule has 0 fully saturated rings. The molecule has 202 valence electrons. The summed E-state index contributed by atoms with van der Waals surface area (Å²) in [6.45, 7) is 1.41. The largest absolute Gasteiger partial charge is 0.355 e. The number of nitrogens with zero attached hydrogens (tertiary/aromatic N) is 2. The molecule has 0 aliphatic rings. The molecule has 2 amide bonds. The number of para-hydroxylation sites is 1. The maximum atomic E-state index is 14.0. The summed E-state index contributed by atoms with van der Waals surface area (Å²) in [7, 11) is -3.92. The molecule has 7 nitrogen and oxygen atoms in total. The van der Waals surface area contributed by atoms with Crippen LogP contribution in [0.5, 0.6) is 0 Å². The van der Waals surface area contributed by atoms with Gasteiger partial charge in [0.15, 0.2) is 0 Å². The molecule has 0 heterocycles. The van der Waals surface area contributed by atoms with Crippen molar-refractivity contribution in [2.24, 2.45) is 0 Å². The van der Waals surface area contributed by atoms with Crippen molar-refractivity contribution < 1.29 is 18.0 Å². The molecule has 3 aromatic carbocycles. The first-order chi connectivity index (χ1) is 18.0. The van der Waals surface area contributed by atoms with Crippen molar-refractivity contribution in [1.82, 2.24) is 10.2 Å². The number of rotatable bonds is 11. The molecule has 3 aromatic rings. The van der Waals surface area contributed by atoms with Crippen LogP contribution in [0.15, 0.2) is 72.8 Å². The quantitative estimate of drug-likeness (QED) is 0.330. The second-order valence-electron chi connectivity index (χ2n) is 8.54. The van der Waals surface area contributed by atoms with E-state index in [0.29, 0.717) is 22.2 Å². The average molecular weight is 597 g/mol. The Morgan fingerprint density at radius 2 is 1.45 bits per heavy atom. The first-order valence-electron chi connectivity index (χ1n) is 11.8. The number of hydrogen-bond donors (Lipinski definition) is 1. The fraction of sp³-hybridized carbons (Fsp3) is 0.259. The van der Waals surface area contributed by atoms with Crippen LogP contribution in [0.4, 0.5) is 5.69 Å². The molecule has 0 spiro atoms. The smallest absolute Gasteiger partial charge is 0.244 e. The molecule has 0 aromatic heterocycles. The molecule has 38 heavy (non-hydrogen) atoms. The van der Waals surface area contributed by atoms with Gasteiger partial charge in [-0.1, -0.05) is 83.3 Å². The molecule has 1 N–H and O–H groups in total. The number of amides is 2. The van der Waals surface area contributed by atoms with E-state index in [2.05, 4.69) is 5.32 Å². The zero-order valence-electron chi connectivity index (χ0n) is 20.9. The molecular weight excluding hydrogens is 569 g/mol. The topological polar surface area (TPSA) is 86.8 Å². The molecule has 1 atom stereocenters. The number of benzene rings is 3. The number of carbonyl (C=O) groups is 2. The molecule has 1 unspecified atom stereocenters. The Labute approximate surface area is 238 Å². The maximum absolute atomic E-state index is 14.0. The van der Waals surface area contributed by atoms with Gasteiger partial charge in [-0.2, -0.15) is 0 Å². The van der Waals surface area contributed by atoms with E-state index in [9.17, 15) is 18.0 Å². The Bertz CT molecular complexity index is 1370. The summed E-state index contributed by atoms with van der Waals surface area (Å²) in [6, 6.07) is 19.5. The first kappa shape index (κ1) is 29.8. The standard InChI is InChI=1S/C27H28Cl3N3O4S/c1-3-31-27(35)25(16-19-10-5-4-6-11-19)32(17-20-21(28)13-9-14-22(20)29)26(34)18-33(38(2,36)37)24-15-8-7-12-23(24)30/h4-15,25H,3,16-18H2,1-2H3,(H,31,35). The van der Waals surface area contributed by atoms with Gasteiger partial charge in [0.2, 0.25) is 21.8 Å². The van der Waals surface area contributed by atoms with Gasteiger partial charge in [-0.3, -0.25) is 13.9 Å². The van der Waals surface area contributed by atoms with E-state index in [0.717, 1.165) is 16.1 Å². The lowest BCUT2D eigenvalue weighted by molar-refractivity contribution is -0.140. The number of nitrogens with one attached hydrogen (secondary N) is 1. The highest BCUT2D eigenvalue weighted by atomic mass is 35.5. The van der Waals surface area contributed by atoms with Gasteiger partial charge in [-0.15, -0.1) is 0 Å². The number of sulfonamides is 1. The minimum atomic E-state index is -3.92. The van der Waals surface area contributed by atoms with Crippen molar-refractivity contribution >= 4 is 62.3 Å². The van der Waals surface area contributed by atoms with Gasteiger partial charge < -0.3 is 10.2 Å². The summed E-state index contributed by atoms with van der Waals surface area (Å²) in [6.07, 6.45) is 1.18. The van der Waals surface area contributed by atoms with Crippen LogP contribution in [0.2, 0.25) is 15.1 Å². The van der Waals surface area contributed by atoms with Crippen molar-refractivity contribution in [3.63, 3.8) is 0 Å². The van der Waals surface area contributed by atoms with E-state index in [1.54, 1.807) is 37.3 Å². The molecule has 0 saturated heterocycles. The van der Waals surface area contributed by atoms with Crippen LogP contribution in [0.25, 0.3) is 0 Å². The first-order valence-corrected chi connectivity index (χ1v) is 14.8. The Balaban J connectivity index is 2.10. The highest BCUT2D eigenvalue weighted by Gasteiger charge is 2.34. The van der Waals surface area contributed by atoms with Crippen molar-refractivity contribution in [3.05, 3.63) is 99.0 Å². The number of halogens is 3. The fourth-order valence-corrected chi connectivity index (χ4v) is 5.61. The molecule has 0 aliphatic carbocycles. The van der Waals surface area contributed by atoms with E-state index < -0.39 is 34.4 Å². The lowest BCUT2D eigenvalue weighted by Crippen LogP contribution is -2.53. The zero-order chi connectivity index (χ0) is 27.9. The molecular formula is C27H28Cl3N3O4S. The number of carbonyl (C=O) groups excluding carboxylic acids is 2. The Kier molecular flexibility index (Phi) is 10.4. The van der Waals surface area contributed by atoms with E-state index in [4.69, 9.17) is 34.8 Å². The zero-order valence-corrected chi connectivity index (χ0v) is 24.0. The summed E-state index contributed by atoms with van der Waals surface area (Å²) in [5.74, 6) is -1.02. The van der Waals surface area contributed by atoms with Gasteiger partial charge in [0.05, 0.1) is 17.0 Å². The lowest BCUT2D eigenvalue weighted by atomic mass is 10.0. The van der Waals surface area contributed by atoms with Crippen LogP contribution in [-0.4, -0.2) is 50.5 Å². The minimum Gasteiger partial charge on any atom is -0.355 e. The van der Waals surface area contributed by atoms with Gasteiger partial charge in [0, 0.05) is 35.1 Å². The van der Waals surface area contributed by atoms with Crippen LogP contribution >= 0.6 is 34.8 Å². The van der Waals surface area contributed by atoms with Gasteiger partial charge in [0.25, 0.3) is 0 Å². The van der Waals surface area contributed by atoms with Gasteiger partial charge in [0.1, 0.15) is 12.6 Å². The van der Waals surface area contributed by atoms with Crippen molar-refractivity contribution in [1.29, 1.82) is 0 Å². The Morgan fingerprint density at radius 3 is 2.03 bits per heavy atom. The molecule has 3 rings (SSSR count). The third kappa shape index (κ3) is 7.63. The number of likely N-dealkylation sites (N-methyl/N-ethyl adjacent to an activating group) is 1. The van der Waals surface area contributed by atoms with E-state index >= 15 is 0 Å². The van der Waals surface area contributed by atoms with E-state index in [-0.39, 0.29) is 23.7 Å². The SMILES string of the molecule is CCNC(=O)C(Cc1ccccc1)N(Cc1c(Cl)cccc1Cl)C(=O)CN(c1ccccc1Cl)S(C)(=O)=O. The van der Waals surface area contributed by atoms with Crippen molar-refractivity contribution in [2.45, 2.75) is 25.9 Å². The van der Waals surface area contributed by atoms with E-state index in [1.165, 1.54) is 17.0 Å². The van der Waals surface area contributed by atoms with Crippen LogP contribution in [-0.2, 0) is 32.6 Å². The Morgan fingerprint density at radius 1 is 0.868 bits per heavy atom. The third-order valence-electron chi connectivity index (χ3n) is 5.81. The molecule has 0 aliphatic heterocycles. The van der Waals surface area contributed by atoms with Gasteiger partial charge >= 0.3 is 0 Å². The van der Waals surface area contributed by atoms with Crippen LogP contribution in [0.1, 0.15) is 18.1 Å². The van der Waals surface area contributed by atoms with Crippen LogP contribution in [0, 0.1) is 0 Å². The third-order valence-corrected chi connectivity index (χ3v) is 7.97. The molecule has 11 heteroatoms. The Hall–Kier alpha value is -2.78. The molecule has 0 saturated carbocycles. The second-order valence-corrected chi connectivity index (χ2v) is 11.7. The van der Waals surface area contributed by atoms with Crippen molar-refractivity contribution in [2.75, 3.05) is 23.7 Å². The van der Waals surface area contributed by atoms with Gasteiger partial charge in [-0.05, 0) is 36.8 Å². The van der Waals surface area contributed by atoms with Crippen LogP contribution in [0.3, 0.4) is 0 Å². The average Bonchev–Trinajstić information content (AvgIpc) is 2.86. The normalized spacial score (nSPS) is 12.0. The summed E-state index contributed by atoms with van der Waals surface area (Å²) in [5, 5.41) is 3.58. The summed E-state index contributed by atoms with van der Waals surface area (Å²) in [4.78, 5) is 28.6. The minimum absolute atomic E-state index is 0.119. The van der Waals surface area contributed by atoms with Crippen molar-refractivity contribution in [3.8, 4) is 0 Å². The fourth-order valence-electron chi connectivity index (χ4n) is 3.95. The second kappa shape index (κ2) is 13.3. The molecule has 0 bridgehead atoms. The summed E-state index contributed by atoms with van der Waals surface area (Å²) >= 11 is 19.2. The highest BCUT2D eigenvalue weighted by molar-refractivity contribution is 7.92. The predicted molar refractivity (Wildman–Crippen MR) is 153 cm³/mol. The predicted octanol–water partition coefficient (Wildman–Crippen LogP) is 5.19. The monoisotopic (exact) mass is 595 g/mol. The van der Waals surface area contributed by atoms with E-state index in [1.807, 2.05) is 30.3 Å². The maximum Gasteiger partial charge on any atom is 0.244 e. The highest BCUT2D eigenvalue weighted by Crippen LogP contribution is 2.30. The molecule has 0 radical (unpaired) electrons. The lowest BCUT2D eigenvalue weighted by Gasteiger charge is -2.34. The number of anilines is 1. The summed E-state index contributed by atoms with van der Waals surface area (Å²) < 4.78 is 26.5. The summed E-state index contributed by atoms with van der Waals surface area (Å²) in [5.41, 5.74) is 1.41.